The highest BCUT2D eigenvalue weighted by Gasteiger charge is 2.06. The largest absolute Gasteiger partial charge is 0.478 e. The van der Waals surface area contributed by atoms with E-state index in [1.165, 1.54) is 0 Å². The lowest BCUT2D eigenvalue weighted by Crippen LogP contribution is -2.28. The van der Waals surface area contributed by atoms with E-state index in [9.17, 15) is 0 Å². The predicted octanol–water partition coefficient (Wildman–Crippen LogP) is 2.02. The van der Waals surface area contributed by atoms with Crippen molar-refractivity contribution in [3.63, 3.8) is 0 Å². The third kappa shape index (κ3) is 4.06. The first kappa shape index (κ1) is 12.8. The van der Waals surface area contributed by atoms with Gasteiger partial charge in [0, 0.05) is 18.7 Å². The normalized spacial score (nSPS) is 12.2. The molecular formula is C12H21N3O. The molecule has 1 rings (SSSR count). The smallest absolute Gasteiger partial charge is 0.215 e. The fraction of sp³-hybridized carbons (Fsp3) is 0.583. The van der Waals surface area contributed by atoms with Crippen LogP contribution in [0.25, 0.3) is 0 Å². The first-order valence-corrected chi connectivity index (χ1v) is 5.86. The lowest BCUT2D eigenvalue weighted by Gasteiger charge is -2.16. The van der Waals surface area contributed by atoms with Crippen molar-refractivity contribution in [2.75, 3.05) is 18.5 Å². The third-order valence-electron chi connectivity index (χ3n) is 2.29. The van der Waals surface area contributed by atoms with Crippen molar-refractivity contribution in [2.45, 2.75) is 32.7 Å². The lowest BCUT2D eigenvalue weighted by molar-refractivity contribution is 0.327. The number of pyridine rings is 1. The molecule has 1 heterocycles. The molecule has 0 amide bonds. The Morgan fingerprint density at radius 2 is 2.25 bits per heavy atom. The van der Waals surface area contributed by atoms with Crippen LogP contribution in [0, 0.1) is 0 Å². The SMILES string of the molecule is CCCC(CN)Nc1cccc(OCC)n1. The molecule has 1 aromatic heterocycles. The van der Waals surface area contributed by atoms with Crippen LogP contribution in [0.5, 0.6) is 5.88 Å². The molecule has 0 aliphatic heterocycles. The summed E-state index contributed by atoms with van der Waals surface area (Å²) in [7, 11) is 0. The summed E-state index contributed by atoms with van der Waals surface area (Å²) in [6.07, 6.45) is 2.16. The summed E-state index contributed by atoms with van der Waals surface area (Å²) < 4.78 is 5.34. The Morgan fingerprint density at radius 3 is 2.88 bits per heavy atom. The molecule has 90 valence electrons. The van der Waals surface area contributed by atoms with E-state index in [4.69, 9.17) is 10.5 Å². The van der Waals surface area contributed by atoms with Gasteiger partial charge >= 0.3 is 0 Å². The van der Waals surface area contributed by atoms with Gasteiger partial charge in [0.25, 0.3) is 0 Å². The Kier molecular flexibility index (Phi) is 5.64. The minimum Gasteiger partial charge on any atom is -0.478 e. The highest BCUT2D eigenvalue weighted by molar-refractivity contribution is 5.38. The quantitative estimate of drug-likeness (QED) is 0.742. The van der Waals surface area contributed by atoms with Crippen LogP contribution in [0.15, 0.2) is 18.2 Å². The molecule has 0 aliphatic carbocycles. The Hall–Kier alpha value is -1.29. The van der Waals surface area contributed by atoms with E-state index in [0.29, 0.717) is 19.0 Å². The second kappa shape index (κ2) is 7.06. The maximum atomic E-state index is 5.68. The molecule has 4 heteroatoms. The highest BCUT2D eigenvalue weighted by Crippen LogP contribution is 2.13. The van der Waals surface area contributed by atoms with Crippen LogP contribution < -0.4 is 15.8 Å². The van der Waals surface area contributed by atoms with Crippen LogP contribution in [0.3, 0.4) is 0 Å². The van der Waals surface area contributed by atoms with E-state index in [-0.39, 0.29) is 6.04 Å². The zero-order chi connectivity index (χ0) is 11.8. The van der Waals surface area contributed by atoms with Crippen molar-refractivity contribution in [3.05, 3.63) is 18.2 Å². The van der Waals surface area contributed by atoms with Crippen LogP contribution in [-0.4, -0.2) is 24.2 Å². The molecular weight excluding hydrogens is 202 g/mol. The average molecular weight is 223 g/mol. The number of ether oxygens (including phenoxy) is 1. The summed E-state index contributed by atoms with van der Waals surface area (Å²) in [5, 5.41) is 3.31. The standard InChI is InChI=1S/C12H21N3O/c1-3-6-10(9-13)14-11-7-5-8-12(15-11)16-4-2/h5,7-8,10H,3-4,6,9,13H2,1-2H3,(H,14,15). The molecule has 16 heavy (non-hydrogen) atoms. The van der Waals surface area contributed by atoms with Crippen LogP contribution in [0.1, 0.15) is 26.7 Å². The minimum absolute atomic E-state index is 0.286. The maximum absolute atomic E-state index is 5.68. The number of aromatic nitrogens is 1. The van der Waals surface area contributed by atoms with Gasteiger partial charge in [0.15, 0.2) is 0 Å². The number of hydrogen-bond donors (Lipinski definition) is 2. The van der Waals surface area contributed by atoms with Crippen molar-refractivity contribution < 1.29 is 4.74 Å². The van der Waals surface area contributed by atoms with Gasteiger partial charge in [-0.25, -0.2) is 0 Å². The average Bonchev–Trinajstić information content (AvgIpc) is 2.29. The van der Waals surface area contributed by atoms with Gasteiger partial charge in [0.05, 0.1) is 6.61 Å². The van der Waals surface area contributed by atoms with E-state index in [2.05, 4.69) is 17.2 Å². The van der Waals surface area contributed by atoms with Gasteiger partial charge in [-0.3, -0.25) is 0 Å². The Bertz CT molecular complexity index is 304. The molecule has 0 fully saturated rings. The fourth-order valence-electron chi connectivity index (χ4n) is 1.53. The lowest BCUT2D eigenvalue weighted by atomic mass is 10.1. The second-order valence-corrected chi connectivity index (χ2v) is 3.66. The minimum atomic E-state index is 0.286. The topological polar surface area (TPSA) is 60.2 Å². The van der Waals surface area contributed by atoms with Crippen molar-refractivity contribution in [1.82, 2.24) is 4.98 Å². The molecule has 0 aliphatic rings. The summed E-state index contributed by atoms with van der Waals surface area (Å²) in [6.45, 7) is 5.34. The number of rotatable bonds is 7. The van der Waals surface area contributed by atoms with Crippen LogP contribution in [0.4, 0.5) is 5.82 Å². The summed E-state index contributed by atoms with van der Waals surface area (Å²) in [6, 6.07) is 6.00. The Labute approximate surface area is 97.2 Å². The van der Waals surface area contributed by atoms with Crippen LogP contribution in [0.2, 0.25) is 0 Å². The van der Waals surface area contributed by atoms with Crippen molar-refractivity contribution in [3.8, 4) is 5.88 Å². The van der Waals surface area contributed by atoms with Gasteiger partial charge in [0.1, 0.15) is 5.82 Å². The van der Waals surface area contributed by atoms with Gasteiger partial charge in [-0.15, -0.1) is 0 Å². The Morgan fingerprint density at radius 1 is 1.44 bits per heavy atom. The number of nitrogens with two attached hydrogens (primary N) is 1. The molecule has 0 radical (unpaired) electrons. The zero-order valence-electron chi connectivity index (χ0n) is 10.1. The molecule has 4 nitrogen and oxygen atoms in total. The van der Waals surface area contributed by atoms with E-state index >= 15 is 0 Å². The molecule has 0 saturated heterocycles. The van der Waals surface area contributed by atoms with Crippen LogP contribution >= 0.6 is 0 Å². The summed E-state index contributed by atoms with van der Waals surface area (Å²) in [5.74, 6) is 1.48. The van der Waals surface area contributed by atoms with Gasteiger partial charge < -0.3 is 15.8 Å². The predicted molar refractivity (Wildman–Crippen MR) is 66.8 cm³/mol. The first-order chi connectivity index (χ1) is 7.80. The van der Waals surface area contributed by atoms with Gasteiger partial charge in [-0.05, 0) is 19.4 Å². The zero-order valence-corrected chi connectivity index (χ0v) is 10.1. The molecule has 1 aromatic rings. The number of nitrogens with one attached hydrogen (secondary N) is 1. The molecule has 1 atom stereocenters. The highest BCUT2D eigenvalue weighted by atomic mass is 16.5. The number of nitrogens with zero attached hydrogens (tertiary/aromatic N) is 1. The van der Waals surface area contributed by atoms with Gasteiger partial charge in [-0.2, -0.15) is 4.98 Å². The molecule has 0 spiro atoms. The van der Waals surface area contributed by atoms with Gasteiger partial charge in [0.2, 0.25) is 5.88 Å². The Balaban J connectivity index is 2.60. The second-order valence-electron chi connectivity index (χ2n) is 3.66. The summed E-state index contributed by atoms with van der Waals surface area (Å²) in [5.41, 5.74) is 5.68. The van der Waals surface area contributed by atoms with Crippen LogP contribution in [-0.2, 0) is 0 Å². The van der Waals surface area contributed by atoms with E-state index in [0.717, 1.165) is 18.7 Å². The summed E-state index contributed by atoms with van der Waals surface area (Å²) in [4.78, 5) is 4.34. The first-order valence-electron chi connectivity index (χ1n) is 5.86. The van der Waals surface area contributed by atoms with E-state index in [1.807, 2.05) is 25.1 Å². The van der Waals surface area contributed by atoms with Gasteiger partial charge in [-0.1, -0.05) is 19.4 Å². The molecule has 1 unspecified atom stereocenters. The van der Waals surface area contributed by atoms with Crippen molar-refractivity contribution in [1.29, 1.82) is 0 Å². The fourth-order valence-corrected chi connectivity index (χ4v) is 1.53. The summed E-state index contributed by atoms with van der Waals surface area (Å²) >= 11 is 0. The van der Waals surface area contributed by atoms with E-state index in [1.54, 1.807) is 0 Å². The van der Waals surface area contributed by atoms with E-state index < -0.39 is 0 Å². The molecule has 0 aromatic carbocycles. The number of anilines is 1. The number of hydrogen-bond acceptors (Lipinski definition) is 4. The monoisotopic (exact) mass is 223 g/mol. The van der Waals surface area contributed by atoms with Crippen molar-refractivity contribution in [2.24, 2.45) is 5.73 Å². The maximum Gasteiger partial charge on any atom is 0.215 e. The molecule has 0 saturated carbocycles. The third-order valence-corrected chi connectivity index (χ3v) is 2.29. The molecule has 0 bridgehead atoms. The van der Waals surface area contributed by atoms with Crippen molar-refractivity contribution >= 4 is 5.82 Å². The molecule has 3 N–H and O–H groups in total.